The number of carbonyl (C=O) groups is 3. The summed E-state index contributed by atoms with van der Waals surface area (Å²) in [5.74, 6) is -0.632. The van der Waals surface area contributed by atoms with Crippen molar-refractivity contribution in [2.75, 3.05) is 0 Å². The molecule has 2 N–H and O–H groups in total. The van der Waals surface area contributed by atoms with Gasteiger partial charge in [-0.25, -0.2) is 14.7 Å². The van der Waals surface area contributed by atoms with Crippen LogP contribution in [0.4, 0.5) is 4.79 Å². The van der Waals surface area contributed by atoms with E-state index < -0.39 is 17.6 Å². The number of amides is 4. The lowest BCUT2D eigenvalue weighted by molar-refractivity contribution is -0.137. The third kappa shape index (κ3) is 4.43. The van der Waals surface area contributed by atoms with Crippen molar-refractivity contribution in [1.82, 2.24) is 25.1 Å². The van der Waals surface area contributed by atoms with Crippen LogP contribution in [-0.4, -0.2) is 43.9 Å². The molecular formula is C27H29N5O3. The molecule has 8 nitrogen and oxygen atoms in total. The van der Waals surface area contributed by atoms with E-state index in [0.717, 1.165) is 41.0 Å². The molecule has 4 amide bonds. The van der Waals surface area contributed by atoms with Crippen molar-refractivity contribution in [3.05, 3.63) is 78.4 Å². The number of nitrogens with zero attached hydrogens (tertiary/aromatic N) is 3. The lowest BCUT2D eigenvalue weighted by Crippen LogP contribution is -2.49. The molecule has 180 valence electrons. The largest absolute Gasteiger partial charge is 0.350 e. The molecule has 1 atom stereocenters. The maximum atomic E-state index is 13.0. The monoisotopic (exact) mass is 471 g/mol. The molecule has 0 bridgehead atoms. The van der Waals surface area contributed by atoms with E-state index in [9.17, 15) is 14.4 Å². The summed E-state index contributed by atoms with van der Waals surface area (Å²) in [7, 11) is 0. The number of imide groups is 1. The van der Waals surface area contributed by atoms with Crippen LogP contribution >= 0.6 is 0 Å². The minimum absolute atomic E-state index is 0.279. The Morgan fingerprint density at radius 1 is 1.11 bits per heavy atom. The second-order valence-electron chi connectivity index (χ2n) is 9.38. The Balaban J connectivity index is 1.25. The van der Waals surface area contributed by atoms with Crippen LogP contribution in [0.5, 0.6) is 0 Å². The van der Waals surface area contributed by atoms with E-state index in [1.54, 1.807) is 19.4 Å². The number of carbonyl (C=O) groups excluding carboxylic acids is 3. The van der Waals surface area contributed by atoms with Crippen molar-refractivity contribution in [3.63, 3.8) is 0 Å². The Labute approximate surface area is 204 Å². The Kier molecular flexibility index (Phi) is 6.11. The van der Waals surface area contributed by atoms with Crippen LogP contribution < -0.4 is 10.6 Å². The minimum Gasteiger partial charge on any atom is -0.350 e. The molecule has 5 rings (SSSR count). The normalized spacial score (nSPS) is 17.6. The quantitative estimate of drug-likeness (QED) is 0.516. The zero-order chi connectivity index (χ0) is 24.4. The van der Waals surface area contributed by atoms with E-state index in [4.69, 9.17) is 0 Å². The molecule has 1 saturated carbocycles. The first-order valence-corrected chi connectivity index (χ1v) is 12.0. The number of imidazole rings is 1. The summed E-state index contributed by atoms with van der Waals surface area (Å²) >= 11 is 0. The van der Waals surface area contributed by atoms with Gasteiger partial charge in [0.05, 0.1) is 6.33 Å². The first kappa shape index (κ1) is 22.8. The summed E-state index contributed by atoms with van der Waals surface area (Å²) in [5.41, 5.74) is 3.38. The van der Waals surface area contributed by atoms with E-state index in [1.165, 1.54) is 5.56 Å². The molecule has 35 heavy (non-hydrogen) atoms. The predicted molar refractivity (Wildman–Crippen MR) is 131 cm³/mol. The molecule has 1 aliphatic carbocycles. The summed E-state index contributed by atoms with van der Waals surface area (Å²) in [5, 5.41) is 5.76. The van der Waals surface area contributed by atoms with Crippen LogP contribution in [-0.2, 0) is 22.7 Å². The van der Waals surface area contributed by atoms with Crippen molar-refractivity contribution >= 4 is 17.8 Å². The number of hydrogen-bond donors (Lipinski definition) is 2. The van der Waals surface area contributed by atoms with Gasteiger partial charge in [0.15, 0.2) is 0 Å². The fraction of sp³-hybridized carbons (Fsp3) is 0.333. The lowest BCUT2D eigenvalue weighted by Gasteiger charge is -2.23. The van der Waals surface area contributed by atoms with Gasteiger partial charge >= 0.3 is 6.03 Å². The van der Waals surface area contributed by atoms with Crippen molar-refractivity contribution < 1.29 is 14.4 Å². The van der Waals surface area contributed by atoms with Gasteiger partial charge in [-0.05, 0) is 42.0 Å². The number of aromatic nitrogens is 2. The maximum absolute atomic E-state index is 13.0. The standard InChI is InChI=1S/C27H29N5O3/c1-19(32-25(34)27(30-26(32)35)12-4-5-13-27)24(33)29-16-22-6-2-3-7-23(22)21-10-8-20(9-11-21)17-31-15-14-28-18-31/h2-3,6-11,14-15,18-19H,4-5,12-13,16-17H2,1H3,(H,29,33)(H,30,35). The fourth-order valence-corrected chi connectivity index (χ4v) is 5.09. The topological polar surface area (TPSA) is 96.3 Å². The fourth-order valence-electron chi connectivity index (χ4n) is 5.09. The Hall–Kier alpha value is -3.94. The van der Waals surface area contributed by atoms with E-state index in [-0.39, 0.29) is 11.8 Å². The molecule has 1 spiro atoms. The summed E-state index contributed by atoms with van der Waals surface area (Å²) in [6.45, 7) is 2.65. The van der Waals surface area contributed by atoms with Crippen LogP contribution in [0.25, 0.3) is 11.1 Å². The van der Waals surface area contributed by atoms with Gasteiger partial charge in [0.2, 0.25) is 5.91 Å². The summed E-state index contributed by atoms with van der Waals surface area (Å²) in [6, 6.07) is 14.9. The van der Waals surface area contributed by atoms with Crippen molar-refractivity contribution in [3.8, 4) is 11.1 Å². The summed E-state index contributed by atoms with van der Waals surface area (Å²) in [4.78, 5) is 43.6. The molecule has 1 aromatic heterocycles. The number of rotatable bonds is 7. The molecule has 8 heteroatoms. The Morgan fingerprint density at radius 3 is 2.57 bits per heavy atom. The highest BCUT2D eigenvalue weighted by Crippen LogP contribution is 2.35. The van der Waals surface area contributed by atoms with Gasteiger partial charge in [-0.1, -0.05) is 61.4 Å². The molecule has 2 fully saturated rings. The third-order valence-corrected chi connectivity index (χ3v) is 7.08. The maximum Gasteiger partial charge on any atom is 0.325 e. The van der Waals surface area contributed by atoms with E-state index >= 15 is 0 Å². The van der Waals surface area contributed by atoms with Crippen LogP contribution in [0.2, 0.25) is 0 Å². The van der Waals surface area contributed by atoms with Crippen molar-refractivity contribution in [2.24, 2.45) is 0 Å². The van der Waals surface area contributed by atoms with Gasteiger partial charge in [0, 0.05) is 25.5 Å². The summed E-state index contributed by atoms with van der Waals surface area (Å²) in [6.07, 6.45) is 8.57. The molecular weight excluding hydrogens is 442 g/mol. The first-order valence-electron chi connectivity index (χ1n) is 12.0. The van der Waals surface area contributed by atoms with Crippen LogP contribution in [0, 0.1) is 0 Å². The van der Waals surface area contributed by atoms with Crippen LogP contribution in [0.1, 0.15) is 43.7 Å². The smallest absolute Gasteiger partial charge is 0.325 e. The number of nitrogens with one attached hydrogen (secondary N) is 2. The second-order valence-corrected chi connectivity index (χ2v) is 9.38. The number of benzene rings is 2. The molecule has 1 saturated heterocycles. The van der Waals surface area contributed by atoms with Gasteiger partial charge < -0.3 is 15.2 Å². The number of hydrogen-bond acceptors (Lipinski definition) is 4. The second kappa shape index (κ2) is 9.37. The third-order valence-electron chi connectivity index (χ3n) is 7.08. The zero-order valence-electron chi connectivity index (χ0n) is 19.7. The van der Waals surface area contributed by atoms with E-state index in [1.807, 2.05) is 35.0 Å². The Morgan fingerprint density at radius 2 is 1.86 bits per heavy atom. The SMILES string of the molecule is CC(C(=O)NCc1ccccc1-c1ccc(Cn2ccnc2)cc1)N1C(=O)NC2(CCCC2)C1=O. The van der Waals surface area contributed by atoms with Crippen molar-refractivity contribution in [1.29, 1.82) is 0 Å². The van der Waals surface area contributed by atoms with Gasteiger partial charge in [0.25, 0.3) is 5.91 Å². The van der Waals surface area contributed by atoms with Crippen LogP contribution in [0.3, 0.4) is 0 Å². The highest BCUT2D eigenvalue weighted by atomic mass is 16.2. The first-order chi connectivity index (χ1) is 17.0. The molecule has 2 aliphatic rings. The minimum atomic E-state index is -0.878. The van der Waals surface area contributed by atoms with Gasteiger partial charge in [0.1, 0.15) is 11.6 Å². The van der Waals surface area contributed by atoms with E-state index in [0.29, 0.717) is 19.4 Å². The molecule has 2 heterocycles. The molecule has 3 aromatic rings. The average Bonchev–Trinajstić information content (AvgIpc) is 3.60. The molecule has 0 radical (unpaired) electrons. The highest BCUT2D eigenvalue weighted by molar-refractivity contribution is 6.10. The molecule has 2 aromatic carbocycles. The van der Waals surface area contributed by atoms with Gasteiger partial charge in [-0.15, -0.1) is 0 Å². The van der Waals surface area contributed by atoms with Crippen LogP contribution in [0.15, 0.2) is 67.3 Å². The van der Waals surface area contributed by atoms with Gasteiger partial charge in [-0.3, -0.25) is 9.59 Å². The van der Waals surface area contributed by atoms with E-state index in [2.05, 4.69) is 39.9 Å². The molecule has 1 unspecified atom stereocenters. The highest BCUT2D eigenvalue weighted by Gasteiger charge is 2.54. The van der Waals surface area contributed by atoms with Crippen molar-refractivity contribution in [2.45, 2.75) is 57.3 Å². The zero-order valence-corrected chi connectivity index (χ0v) is 19.7. The molecule has 1 aliphatic heterocycles. The average molecular weight is 472 g/mol. The predicted octanol–water partition coefficient (Wildman–Crippen LogP) is 3.47. The lowest BCUT2D eigenvalue weighted by atomic mass is 9.97. The summed E-state index contributed by atoms with van der Waals surface area (Å²) < 4.78 is 2.01. The number of urea groups is 1. The Bertz CT molecular complexity index is 1230. The van der Waals surface area contributed by atoms with Gasteiger partial charge in [-0.2, -0.15) is 0 Å².